The molecule has 0 aromatic heterocycles. The Kier molecular flexibility index (Phi) is 5.52. The van der Waals surface area contributed by atoms with E-state index in [4.69, 9.17) is 0 Å². The summed E-state index contributed by atoms with van der Waals surface area (Å²) in [4.78, 5) is 28.8. The van der Waals surface area contributed by atoms with Crippen LogP contribution in [-0.2, 0) is 9.59 Å². The van der Waals surface area contributed by atoms with E-state index >= 15 is 0 Å². The second kappa shape index (κ2) is 7.16. The van der Waals surface area contributed by atoms with Gasteiger partial charge < -0.3 is 9.80 Å². The highest BCUT2D eigenvalue weighted by molar-refractivity contribution is 7.99. The third kappa shape index (κ3) is 3.03. The predicted molar refractivity (Wildman–Crippen MR) is 82.7 cm³/mol. The third-order valence-electron chi connectivity index (χ3n) is 4.11. The molecule has 0 bridgehead atoms. The zero-order valence-electron chi connectivity index (χ0n) is 12.2. The van der Waals surface area contributed by atoms with Gasteiger partial charge in [-0.25, -0.2) is 0 Å². The number of hydrogen-bond donors (Lipinski definition) is 0. The summed E-state index contributed by atoms with van der Waals surface area (Å²) in [5.74, 6) is 2.08. The van der Waals surface area contributed by atoms with Crippen LogP contribution in [0.2, 0.25) is 0 Å². The van der Waals surface area contributed by atoms with E-state index < -0.39 is 0 Å². The summed E-state index contributed by atoms with van der Waals surface area (Å²) < 4.78 is 0. The van der Waals surface area contributed by atoms with E-state index in [1.165, 1.54) is 0 Å². The molecule has 0 aromatic rings. The molecule has 2 aliphatic rings. The average molecular weight is 296 g/mol. The van der Waals surface area contributed by atoms with Gasteiger partial charge in [0.1, 0.15) is 12.1 Å². The number of carbonyl (C=O) groups excluding carboxylic acids is 2. The van der Waals surface area contributed by atoms with Crippen LogP contribution in [0.4, 0.5) is 0 Å². The summed E-state index contributed by atoms with van der Waals surface area (Å²) >= 11 is 1.76. The number of nitrogens with zero attached hydrogens (tertiary/aromatic N) is 2. The minimum atomic E-state index is -0.249. The van der Waals surface area contributed by atoms with Crippen molar-refractivity contribution in [3.05, 3.63) is 12.7 Å². The lowest BCUT2D eigenvalue weighted by atomic mass is 9.94. The topological polar surface area (TPSA) is 40.6 Å². The minimum absolute atomic E-state index is 0.158. The second-order valence-corrected chi connectivity index (χ2v) is 6.51. The van der Waals surface area contributed by atoms with Crippen LogP contribution in [0.1, 0.15) is 32.6 Å². The average Bonchev–Trinajstić information content (AvgIpc) is 2.48. The van der Waals surface area contributed by atoms with Crippen LogP contribution >= 0.6 is 11.8 Å². The number of thioether (sulfide) groups is 1. The third-order valence-corrected chi connectivity index (χ3v) is 5.06. The normalized spacial score (nSPS) is 26.6. The molecule has 2 atom stereocenters. The summed E-state index contributed by atoms with van der Waals surface area (Å²) in [6.45, 7) is 7.11. The van der Waals surface area contributed by atoms with Crippen molar-refractivity contribution in [3.8, 4) is 0 Å². The first kappa shape index (κ1) is 15.4. The van der Waals surface area contributed by atoms with E-state index in [0.29, 0.717) is 13.0 Å². The molecule has 2 amide bonds. The van der Waals surface area contributed by atoms with Crippen molar-refractivity contribution in [1.82, 2.24) is 9.80 Å². The molecule has 112 valence electrons. The van der Waals surface area contributed by atoms with Gasteiger partial charge in [-0.05, 0) is 25.7 Å². The molecule has 2 saturated heterocycles. The van der Waals surface area contributed by atoms with Crippen molar-refractivity contribution in [2.75, 3.05) is 24.6 Å². The first-order chi connectivity index (χ1) is 9.70. The Morgan fingerprint density at radius 2 is 2.15 bits per heavy atom. The molecule has 0 N–H and O–H groups in total. The lowest BCUT2D eigenvalue weighted by molar-refractivity contribution is -0.163. The van der Waals surface area contributed by atoms with E-state index in [1.807, 2.05) is 22.8 Å². The van der Waals surface area contributed by atoms with E-state index in [0.717, 1.165) is 37.3 Å². The van der Waals surface area contributed by atoms with Crippen molar-refractivity contribution in [2.45, 2.75) is 44.7 Å². The molecule has 2 rings (SSSR count). The van der Waals surface area contributed by atoms with Crippen molar-refractivity contribution in [1.29, 1.82) is 0 Å². The number of carbonyl (C=O) groups is 2. The molecule has 0 spiro atoms. The summed E-state index contributed by atoms with van der Waals surface area (Å²) in [5, 5.41) is 0. The molecule has 2 fully saturated rings. The molecule has 20 heavy (non-hydrogen) atoms. The lowest BCUT2D eigenvalue weighted by Gasteiger charge is -2.46. The van der Waals surface area contributed by atoms with Crippen LogP contribution < -0.4 is 0 Å². The molecule has 2 aliphatic heterocycles. The van der Waals surface area contributed by atoms with Crippen LogP contribution in [-0.4, -0.2) is 58.3 Å². The maximum Gasteiger partial charge on any atom is 0.246 e. The van der Waals surface area contributed by atoms with Crippen molar-refractivity contribution in [2.24, 2.45) is 0 Å². The minimum Gasteiger partial charge on any atom is -0.329 e. The Bertz CT molecular complexity index is 386. The SMILES string of the molecule is C=CCSCCN1C(=O)C2CCCCN2C(=O)C1CC. The number of piperazine rings is 1. The van der Waals surface area contributed by atoms with Gasteiger partial charge in [-0.15, -0.1) is 6.58 Å². The zero-order valence-corrected chi connectivity index (χ0v) is 13.0. The number of rotatable bonds is 6. The predicted octanol–water partition coefficient (Wildman–Crippen LogP) is 1.91. The molecule has 0 aliphatic carbocycles. The van der Waals surface area contributed by atoms with Gasteiger partial charge in [-0.1, -0.05) is 13.0 Å². The number of fused-ring (bicyclic) bond motifs is 1. The molecule has 5 heteroatoms. The molecular formula is C15H24N2O2S. The van der Waals surface area contributed by atoms with Gasteiger partial charge in [0.2, 0.25) is 11.8 Å². The summed E-state index contributed by atoms with van der Waals surface area (Å²) in [5.41, 5.74) is 0. The molecule has 0 aromatic carbocycles. The quantitative estimate of drug-likeness (QED) is 0.555. The van der Waals surface area contributed by atoms with E-state index in [9.17, 15) is 9.59 Å². The Hall–Kier alpha value is -0.970. The van der Waals surface area contributed by atoms with Crippen molar-refractivity contribution < 1.29 is 9.59 Å². The van der Waals surface area contributed by atoms with Crippen LogP contribution in [0.3, 0.4) is 0 Å². The Labute approximate surface area is 125 Å². The summed E-state index contributed by atoms with van der Waals surface area (Å²) in [7, 11) is 0. The monoisotopic (exact) mass is 296 g/mol. The van der Waals surface area contributed by atoms with Gasteiger partial charge in [-0.3, -0.25) is 9.59 Å². The van der Waals surface area contributed by atoms with E-state index in [-0.39, 0.29) is 23.9 Å². The fraction of sp³-hybridized carbons (Fsp3) is 0.733. The Balaban J connectivity index is 2.05. The van der Waals surface area contributed by atoms with Crippen LogP contribution in [0.25, 0.3) is 0 Å². The van der Waals surface area contributed by atoms with Gasteiger partial charge in [0.15, 0.2) is 0 Å². The van der Waals surface area contributed by atoms with Crippen LogP contribution in [0, 0.1) is 0 Å². The largest absolute Gasteiger partial charge is 0.329 e. The van der Waals surface area contributed by atoms with Gasteiger partial charge in [0.25, 0.3) is 0 Å². The van der Waals surface area contributed by atoms with Gasteiger partial charge in [0.05, 0.1) is 0 Å². The molecule has 4 nitrogen and oxygen atoms in total. The highest BCUT2D eigenvalue weighted by Gasteiger charge is 2.45. The van der Waals surface area contributed by atoms with Crippen LogP contribution in [0.15, 0.2) is 12.7 Å². The molecular weight excluding hydrogens is 272 g/mol. The van der Waals surface area contributed by atoms with E-state index in [1.54, 1.807) is 11.8 Å². The molecule has 0 saturated carbocycles. The smallest absolute Gasteiger partial charge is 0.246 e. The molecule has 2 heterocycles. The van der Waals surface area contributed by atoms with Gasteiger partial charge in [-0.2, -0.15) is 11.8 Å². The highest BCUT2D eigenvalue weighted by Crippen LogP contribution is 2.27. The van der Waals surface area contributed by atoms with Gasteiger partial charge >= 0.3 is 0 Å². The zero-order chi connectivity index (χ0) is 14.5. The van der Waals surface area contributed by atoms with Crippen molar-refractivity contribution >= 4 is 23.6 Å². The number of amides is 2. The summed E-state index contributed by atoms with van der Waals surface area (Å²) in [6.07, 6.45) is 5.49. The number of hydrogen-bond acceptors (Lipinski definition) is 3. The standard InChI is InChI=1S/C15H24N2O2S/c1-3-10-20-11-9-17-12(4-2)14(18)16-8-6-5-7-13(16)15(17)19/h3,12-13H,1,4-11H2,2H3. The first-order valence-electron chi connectivity index (χ1n) is 7.50. The van der Waals surface area contributed by atoms with E-state index in [2.05, 4.69) is 6.58 Å². The fourth-order valence-electron chi connectivity index (χ4n) is 3.11. The summed E-state index contributed by atoms with van der Waals surface area (Å²) in [6, 6.07) is -0.440. The maximum absolute atomic E-state index is 12.6. The van der Waals surface area contributed by atoms with Crippen molar-refractivity contribution in [3.63, 3.8) is 0 Å². The first-order valence-corrected chi connectivity index (χ1v) is 8.65. The Morgan fingerprint density at radius 1 is 1.35 bits per heavy atom. The van der Waals surface area contributed by atoms with Crippen LogP contribution in [0.5, 0.6) is 0 Å². The van der Waals surface area contributed by atoms with Gasteiger partial charge in [0, 0.05) is 24.6 Å². The fourth-order valence-corrected chi connectivity index (χ4v) is 3.77. The molecule has 2 unspecified atom stereocenters. The molecule has 0 radical (unpaired) electrons. The maximum atomic E-state index is 12.6. The lowest BCUT2D eigenvalue weighted by Crippen LogP contribution is -2.65. The number of piperidine rings is 1. The second-order valence-electron chi connectivity index (χ2n) is 5.36. The highest BCUT2D eigenvalue weighted by atomic mass is 32.2. The Morgan fingerprint density at radius 3 is 2.85 bits per heavy atom.